The highest BCUT2D eigenvalue weighted by atomic mass is 127. The summed E-state index contributed by atoms with van der Waals surface area (Å²) in [5.74, 6) is 2.83. The molecule has 0 spiro atoms. The summed E-state index contributed by atoms with van der Waals surface area (Å²) in [7, 11) is 8.23. The molecule has 1 rings (SSSR count). The molecule has 0 amide bonds. The van der Waals surface area contributed by atoms with Gasteiger partial charge in [-0.3, -0.25) is 4.99 Å². The minimum atomic E-state index is 0. The molecule has 3 nitrogen and oxygen atoms in total. The zero-order valence-electron chi connectivity index (χ0n) is 11.9. The maximum Gasteiger partial charge on any atom is 0.195 e. The normalized spacial score (nSPS) is 23.6. The Balaban J connectivity index is 0.00000256. The van der Waals surface area contributed by atoms with Gasteiger partial charge in [-0.2, -0.15) is 0 Å². The van der Waals surface area contributed by atoms with E-state index >= 15 is 0 Å². The molecule has 1 aliphatic rings. The first-order valence-electron chi connectivity index (χ1n) is 6.39. The molecular formula is C13H28IN3. The highest BCUT2D eigenvalue weighted by Crippen LogP contribution is 2.28. The summed E-state index contributed by atoms with van der Waals surface area (Å²) in [4.78, 5) is 8.92. The van der Waals surface area contributed by atoms with Crippen LogP contribution in [0.25, 0.3) is 0 Å². The molecule has 17 heavy (non-hydrogen) atoms. The Bertz CT molecular complexity index is 221. The highest BCUT2D eigenvalue weighted by molar-refractivity contribution is 14.0. The first-order valence-corrected chi connectivity index (χ1v) is 6.39. The predicted octanol–water partition coefficient (Wildman–Crippen LogP) is 2.91. The standard InChI is InChI=1S/C13H27N3.HI/c1-11-6-8-12(9-7-11)10-14-13(15(2)3)16(4)5;/h11-12H,6-10H2,1-5H3;1H. The lowest BCUT2D eigenvalue weighted by Crippen LogP contribution is -2.36. The van der Waals surface area contributed by atoms with Gasteiger partial charge < -0.3 is 9.80 Å². The van der Waals surface area contributed by atoms with E-state index in [1.165, 1.54) is 25.7 Å². The van der Waals surface area contributed by atoms with Crippen molar-refractivity contribution in [2.75, 3.05) is 34.7 Å². The molecule has 0 unspecified atom stereocenters. The second-order valence-electron chi connectivity index (χ2n) is 5.56. The number of nitrogens with zero attached hydrogens (tertiary/aromatic N) is 3. The van der Waals surface area contributed by atoms with Crippen LogP contribution in [-0.4, -0.2) is 50.5 Å². The first kappa shape index (κ1) is 17.0. The monoisotopic (exact) mass is 353 g/mol. The van der Waals surface area contributed by atoms with Gasteiger partial charge in [0.1, 0.15) is 0 Å². The second kappa shape index (κ2) is 8.16. The Kier molecular flexibility index (Phi) is 8.16. The molecule has 0 aromatic carbocycles. The molecule has 1 saturated carbocycles. The Morgan fingerprint density at radius 1 is 1.00 bits per heavy atom. The molecule has 102 valence electrons. The van der Waals surface area contributed by atoms with Crippen molar-refractivity contribution in [3.63, 3.8) is 0 Å². The van der Waals surface area contributed by atoms with Gasteiger partial charge in [-0.05, 0) is 24.7 Å². The summed E-state index contributed by atoms with van der Waals surface area (Å²) >= 11 is 0. The number of hydrogen-bond acceptors (Lipinski definition) is 1. The van der Waals surface area contributed by atoms with Crippen molar-refractivity contribution in [3.8, 4) is 0 Å². The number of aliphatic imine (C=N–C) groups is 1. The molecule has 0 radical (unpaired) electrons. The van der Waals surface area contributed by atoms with Crippen LogP contribution in [0.1, 0.15) is 32.6 Å². The average molecular weight is 353 g/mol. The summed E-state index contributed by atoms with van der Waals surface area (Å²) in [6.45, 7) is 3.36. The van der Waals surface area contributed by atoms with Crippen LogP contribution >= 0.6 is 24.0 Å². The van der Waals surface area contributed by atoms with Crippen molar-refractivity contribution in [2.45, 2.75) is 32.6 Å². The van der Waals surface area contributed by atoms with E-state index in [1.54, 1.807) is 0 Å². The number of rotatable bonds is 2. The van der Waals surface area contributed by atoms with Gasteiger partial charge in [0, 0.05) is 34.7 Å². The van der Waals surface area contributed by atoms with Crippen LogP contribution in [0.15, 0.2) is 4.99 Å². The van der Waals surface area contributed by atoms with Gasteiger partial charge in [0.25, 0.3) is 0 Å². The first-order chi connectivity index (χ1) is 7.50. The Labute approximate surface area is 124 Å². The fourth-order valence-electron chi connectivity index (χ4n) is 2.41. The van der Waals surface area contributed by atoms with Crippen LogP contribution in [0.4, 0.5) is 0 Å². The number of halogens is 1. The lowest BCUT2D eigenvalue weighted by molar-refractivity contribution is 0.294. The van der Waals surface area contributed by atoms with Gasteiger partial charge in [0.05, 0.1) is 0 Å². The van der Waals surface area contributed by atoms with Crippen LogP contribution in [0, 0.1) is 11.8 Å². The van der Waals surface area contributed by atoms with Crippen LogP contribution < -0.4 is 0 Å². The molecular weight excluding hydrogens is 325 g/mol. The van der Waals surface area contributed by atoms with E-state index in [9.17, 15) is 0 Å². The molecule has 0 saturated heterocycles. The zero-order chi connectivity index (χ0) is 12.1. The van der Waals surface area contributed by atoms with E-state index in [0.717, 1.165) is 24.3 Å². The molecule has 0 aromatic heterocycles. The maximum atomic E-state index is 4.74. The lowest BCUT2D eigenvalue weighted by atomic mass is 9.83. The quantitative estimate of drug-likeness (QED) is 0.432. The Morgan fingerprint density at radius 2 is 1.47 bits per heavy atom. The van der Waals surface area contributed by atoms with Gasteiger partial charge >= 0.3 is 0 Å². The predicted molar refractivity (Wildman–Crippen MR) is 86.2 cm³/mol. The third-order valence-corrected chi connectivity index (χ3v) is 3.43. The van der Waals surface area contributed by atoms with E-state index in [-0.39, 0.29) is 24.0 Å². The summed E-state index contributed by atoms with van der Waals surface area (Å²) in [5, 5.41) is 0. The maximum absolute atomic E-state index is 4.74. The summed E-state index contributed by atoms with van der Waals surface area (Å²) in [6, 6.07) is 0. The number of hydrogen-bond donors (Lipinski definition) is 0. The molecule has 1 aliphatic carbocycles. The molecule has 0 aromatic rings. The molecule has 1 fully saturated rings. The van der Waals surface area contributed by atoms with Crippen LogP contribution in [0.2, 0.25) is 0 Å². The van der Waals surface area contributed by atoms with Crippen molar-refractivity contribution < 1.29 is 0 Å². The number of guanidine groups is 1. The SMILES string of the molecule is CC1CCC(CN=C(N(C)C)N(C)C)CC1.I. The fourth-order valence-corrected chi connectivity index (χ4v) is 2.41. The molecule has 0 heterocycles. The van der Waals surface area contributed by atoms with Crippen LogP contribution in [0.3, 0.4) is 0 Å². The van der Waals surface area contributed by atoms with Crippen LogP contribution in [-0.2, 0) is 0 Å². The van der Waals surface area contributed by atoms with E-state index in [2.05, 4.69) is 44.9 Å². The summed E-state index contributed by atoms with van der Waals surface area (Å²) < 4.78 is 0. The van der Waals surface area contributed by atoms with Gasteiger partial charge in [0.2, 0.25) is 0 Å². The Morgan fingerprint density at radius 3 is 1.88 bits per heavy atom. The van der Waals surface area contributed by atoms with Crippen molar-refractivity contribution in [1.29, 1.82) is 0 Å². The van der Waals surface area contributed by atoms with E-state index in [4.69, 9.17) is 4.99 Å². The van der Waals surface area contributed by atoms with Crippen molar-refractivity contribution in [2.24, 2.45) is 16.8 Å². The summed E-state index contributed by atoms with van der Waals surface area (Å²) in [6.07, 6.45) is 5.50. The zero-order valence-corrected chi connectivity index (χ0v) is 14.3. The topological polar surface area (TPSA) is 18.8 Å². The minimum Gasteiger partial charge on any atom is -0.349 e. The summed E-state index contributed by atoms with van der Waals surface area (Å²) in [5.41, 5.74) is 0. The third kappa shape index (κ3) is 5.93. The second-order valence-corrected chi connectivity index (χ2v) is 5.56. The van der Waals surface area contributed by atoms with Gasteiger partial charge in [-0.25, -0.2) is 0 Å². The molecule has 0 aliphatic heterocycles. The molecule has 0 atom stereocenters. The van der Waals surface area contributed by atoms with Gasteiger partial charge in [-0.1, -0.05) is 19.8 Å². The third-order valence-electron chi connectivity index (χ3n) is 3.43. The smallest absolute Gasteiger partial charge is 0.195 e. The van der Waals surface area contributed by atoms with E-state index in [0.29, 0.717) is 0 Å². The van der Waals surface area contributed by atoms with E-state index in [1.807, 2.05) is 0 Å². The van der Waals surface area contributed by atoms with Crippen molar-refractivity contribution in [1.82, 2.24) is 9.80 Å². The lowest BCUT2D eigenvalue weighted by Gasteiger charge is -2.27. The van der Waals surface area contributed by atoms with Gasteiger partial charge in [-0.15, -0.1) is 24.0 Å². The minimum absolute atomic E-state index is 0. The van der Waals surface area contributed by atoms with Crippen molar-refractivity contribution >= 4 is 29.9 Å². The molecule has 0 N–H and O–H groups in total. The fraction of sp³-hybridized carbons (Fsp3) is 0.923. The molecule has 4 heteroatoms. The van der Waals surface area contributed by atoms with Crippen molar-refractivity contribution in [3.05, 3.63) is 0 Å². The van der Waals surface area contributed by atoms with Gasteiger partial charge in [0.15, 0.2) is 5.96 Å². The van der Waals surface area contributed by atoms with Crippen LogP contribution in [0.5, 0.6) is 0 Å². The largest absolute Gasteiger partial charge is 0.349 e. The average Bonchev–Trinajstić information content (AvgIpc) is 2.20. The highest BCUT2D eigenvalue weighted by Gasteiger charge is 2.18. The van der Waals surface area contributed by atoms with E-state index < -0.39 is 0 Å². The molecule has 0 bridgehead atoms. The Hall–Kier alpha value is 0.